The minimum Gasteiger partial charge on any atom is -0.385 e. The van der Waals surface area contributed by atoms with Crippen LogP contribution in [0.25, 0.3) is 0 Å². The van der Waals surface area contributed by atoms with Gasteiger partial charge in [-0.25, -0.2) is 9.37 Å². The van der Waals surface area contributed by atoms with E-state index in [-0.39, 0.29) is 36.4 Å². The minimum atomic E-state index is -1.33. The van der Waals surface area contributed by atoms with Crippen LogP contribution in [0.1, 0.15) is 41.6 Å². The van der Waals surface area contributed by atoms with Crippen molar-refractivity contribution in [2.24, 2.45) is 0 Å². The van der Waals surface area contributed by atoms with Crippen molar-refractivity contribution in [1.82, 2.24) is 9.88 Å². The lowest BCUT2D eigenvalue weighted by Crippen LogP contribution is -2.52. The van der Waals surface area contributed by atoms with Crippen molar-refractivity contribution in [3.8, 4) is 0 Å². The van der Waals surface area contributed by atoms with E-state index in [0.717, 1.165) is 12.8 Å². The number of amides is 1. The first-order valence-corrected chi connectivity index (χ1v) is 8.39. The molecule has 4 nitrogen and oxygen atoms in total. The van der Waals surface area contributed by atoms with Crippen LogP contribution >= 0.6 is 0 Å². The molecule has 0 saturated carbocycles. The van der Waals surface area contributed by atoms with Crippen molar-refractivity contribution in [3.05, 3.63) is 65.5 Å². The summed E-state index contributed by atoms with van der Waals surface area (Å²) in [5.41, 5.74) is -0.845. The number of aromatic nitrogens is 1. The van der Waals surface area contributed by atoms with Crippen LogP contribution in [0, 0.1) is 11.8 Å². The highest BCUT2D eigenvalue weighted by molar-refractivity contribution is 5.95. The zero-order valence-electron chi connectivity index (χ0n) is 13.5. The Morgan fingerprint density at radius 1 is 1.16 bits per heavy atom. The van der Waals surface area contributed by atoms with Crippen molar-refractivity contribution in [2.75, 3.05) is 0 Å². The Labute approximate surface area is 144 Å². The molecule has 4 rings (SSSR count). The zero-order chi connectivity index (χ0) is 17.6. The SMILES string of the molecule is O=C(c1cccc(F)c1)N1[C@@H]2CC[C@@H]1CC(O)(c1cccnc1F)C2. The lowest BCUT2D eigenvalue weighted by molar-refractivity contribution is -0.0504. The fourth-order valence-electron chi connectivity index (χ4n) is 4.28. The standard InChI is InChI=1S/C19H18F2N2O2/c20-13-4-1-3-12(9-13)18(24)23-14-6-7-15(23)11-19(25,10-14)16-5-2-8-22-17(16)21/h1-5,8-9,14-15,25H,6-7,10-11H2/t14-,15-/m1/s1. The Hall–Kier alpha value is -2.34. The first kappa shape index (κ1) is 16.1. The monoisotopic (exact) mass is 344 g/mol. The van der Waals surface area contributed by atoms with Crippen molar-refractivity contribution in [2.45, 2.75) is 43.4 Å². The van der Waals surface area contributed by atoms with Crippen LogP contribution in [0.3, 0.4) is 0 Å². The average molecular weight is 344 g/mol. The van der Waals surface area contributed by atoms with Crippen LogP contribution in [-0.4, -0.2) is 33.0 Å². The molecule has 2 fully saturated rings. The number of aliphatic hydroxyl groups is 1. The van der Waals surface area contributed by atoms with Gasteiger partial charge in [0.05, 0.1) is 5.60 Å². The summed E-state index contributed by atoms with van der Waals surface area (Å²) >= 11 is 0. The molecule has 6 heteroatoms. The highest BCUT2D eigenvalue weighted by Crippen LogP contribution is 2.46. The number of rotatable bonds is 2. The van der Waals surface area contributed by atoms with Gasteiger partial charge in [0.2, 0.25) is 5.95 Å². The number of hydrogen-bond acceptors (Lipinski definition) is 3. The third kappa shape index (κ3) is 2.70. The summed E-state index contributed by atoms with van der Waals surface area (Å²) in [5.74, 6) is -1.36. The number of carbonyl (C=O) groups is 1. The summed E-state index contributed by atoms with van der Waals surface area (Å²) in [5, 5.41) is 11.0. The Balaban J connectivity index is 1.62. The van der Waals surface area contributed by atoms with Crippen LogP contribution in [0.15, 0.2) is 42.6 Å². The van der Waals surface area contributed by atoms with Gasteiger partial charge in [0.1, 0.15) is 5.82 Å². The third-order valence-electron chi connectivity index (χ3n) is 5.33. The molecule has 1 aromatic carbocycles. The largest absolute Gasteiger partial charge is 0.385 e. The molecule has 2 saturated heterocycles. The van der Waals surface area contributed by atoms with E-state index in [9.17, 15) is 18.7 Å². The van der Waals surface area contributed by atoms with Crippen molar-refractivity contribution in [1.29, 1.82) is 0 Å². The first-order chi connectivity index (χ1) is 12.0. The molecule has 2 aliphatic rings. The Morgan fingerprint density at radius 2 is 1.88 bits per heavy atom. The second-order valence-electron chi connectivity index (χ2n) is 6.89. The van der Waals surface area contributed by atoms with E-state index in [1.807, 2.05) is 0 Å². The summed E-state index contributed by atoms with van der Waals surface area (Å²) in [4.78, 5) is 18.2. The smallest absolute Gasteiger partial charge is 0.254 e. The van der Waals surface area contributed by atoms with Gasteiger partial charge in [-0.05, 0) is 37.1 Å². The molecule has 130 valence electrons. The van der Waals surface area contributed by atoms with Gasteiger partial charge < -0.3 is 10.0 Å². The molecule has 1 amide bonds. The molecule has 2 aromatic rings. The molecule has 0 spiro atoms. The van der Waals surface area contributed by atoms with Gasteiger partial charge in [0.25, 0.3) is 5.91 Å². The maximum absolute atomic E-state index is 14.1. The van der Waals surface area contributed by atoms with E-state index in [4.69, 9.17) is 0 Å². The van der Waals surface area contributed by atoms with Gasteiger partial charge in [-0.3, -0.25) is 4.79 Å². The van der Waals surface area contributed by atoms with E-state index < -0.39 is 17.4 Å². The predicted molar refractivity (Wildman–Crippen MR) is 86.7 cm³/mol. The Morgan fingerprint density at radius 3 is 2.52 bits per heavy atom. The van der Waals surface area contributed by atoms with Gasteiger partial charge in [-0.2, -0.15) is 4.39 Å². The summed E-state index contributed by atoms with van der Waals surface area (Å²) in [6, 6.07) is 8.38. The molecular formula is C19H18F2N2O2. The topological polar surface area (TPSA) is 53.4 Å². The molecule has 2 aliphatic heterocycles. The van der Waals surface area contributed by atoms with Crippen LogP contribution in [0.2, 0.25) is 0 Å². The molecule has 0 aliphatic carbocycles. The van der Waals surface area contributed by atoms with E-state index in [1.165, 1.54) is 24.4 Å². The van der Waals surface area contributed by atoms with Gasteiger partial charge >= 0.3 is 0 Å². The summed E-state index contributed by atoms with van der Waals surface area (Å²) in [6.45, 7) is 0. The third-order valence-corrected chi connectivity index (χ3v) is 5.33. The molecular weight excluding hydrogens is 326 g/mol. The number of fused-ring (bicyclic) bond motifs is 2. The normalized spacial score (nSPS) is 28.2. The first-order valence-electron chi connectivity index (χ1n) is 8.39. The summed E-state index contributed by atoms with van der Waals surface area (Å²) in [6.07, 6.45) is 3.35. The van der Waals surface area contributed by atoms with E-state index >= 15 is 0 Å². The van der Waals surface area contributed by atoms with Crippen molar-refractivity contribution >= 4 is 5.91 Å². The lowest BCUT2D eigenvalue weighted by atomic mass is 9.80. The van der Waals surface area contributed by atoms with E-state index in [1.54, 1.807) is 23.1 Å². The molecule has 2 bridgehead atoms. The number of pyridine rings is 1. The van der Waals surface area contributed by atoms with E-state index in [0.29, 0.717) is 5.56 Å². The quantitative estimate of drug-likeness (QED) is 0.852. The molecule has 0 radical (unpaired) electrons. The van der Waals surface area contributed by atoms with Crippen LogP contribution in [0.5, 0.6) is 0 Å². The fraction of sp³-hybridized carbons (Fsp3) is 0.368. The molecule has 1 N–H and O–H groups in total. The van der Waals surface area contributed by atoms with Crippen molar-refractivity contribution < 1.29 is 18.7 Å². The molecule has 1 aromatic heterocycles. The summed E-state index contributed by atoms with van der Waals surface area (Å²) < 4.78 is 27.5. The second-order valence-corrected chi connectivity index (χ2v) is 6.89. The Bertz CT molecular complexity index is 813. The zero-order valence-corrected chi connectivity index (χ0v) is 13.5. The molecule has 3 heterocycles. The predicted octanol–water partition coefficient (Wildman–Crippen LogP) is 3.01. The number of nitrogens with zero attached hydrogens (tertiary/aromatic N) is 2. The van der Waals surface area contributed by atoms with Gasteiger partial charge in [0, 0.05) is 42.2 Å². The van der Waals surface area contributed by atoms with E-state index in [2.05, 4.69) is 4.98 Å². The molecule has 2 atom stereocenters. The molecule has 0 unspecified atom stereocenters. The highest BCUT2D eigenvalue weighted by atomic mass is 19.1. The van der Waals surface area contributed by atoms with Crippen LogP contribution in [0.4, 0.5) is 8.78 Å². The number of carbonyl (C=O) groups excluding carboxylic acids is 1. The molecule has 25 heavy (non-hydrogen) atoms. The number of piperidine rings is 1. The minimum absolute atomic E-state index is 0.185. The lowest BCUT2D eigenvalue weighted by Gasteiger charge is -2.44. The highest BCUT2D eigenvalue weighted by Gasteiger charge is 2.51. The fourth-order valence-corrected chi connectivity index (χ4v) is 4.28. The average Bonchev–Trinajstić information content (AvgIpc) is 2.87. The van der Waals surface area contributed by atoms with Gasteiger partial charge in [0.15, 0.2) is 0 Å². The van der Waals surface area contributed by atoms with Gasteiger partial charge in [-0.1, -0.05) is 12.1 Å². The maximum Gasteiger partial charge on any atom is 0.254 e. The second kappa shape index (κ2) is 5.88. The number of hydrogen-bond donors (Lipinski definition) is 1. The summed E-state index contributed by atoms with van der Waals surface area (Å²) in [7, 11) is 0. The van der Waals surface area contributed by atoms with Crippen LogP contribution in [-0.2, 0) is 5.60 Å². The maximum atomic E-state index is 14.1. The van der Waals surface area contributed by atoms with Crippen LogP contribution < -0.4 is 0 Å². The number of benzene rings is 1. The number of halogens is 2. The van der Waals surface area contributed by atoms with Gasteiger partial charge in [-0.15, -0.1) is 0 Å². The Kier molecular flexibility index (Phi) is 3.80. The van der Waals surface area contributed by atoms with Crippen molar-refractivity contribution in [3.63, 3.8) is 0 Å².